The molecule has 2 aliphatic rings. The van der Waals surface area contributed by atoms with Crippen LogP contribution in [0.15, 0.2) is 42.5 Å². The molecule has 8 heteroatoms. The Morgan fingerprint density at radius 3 is 2.33 bits per heavy atom. The van der Waals surface area contributed by atoms with E-state index in [0.717, 1.165) is 18.5 Å². The molecule has 3 amide bonds. The highest BCUT2D eigenvalue weighted by molar-refractivity contribution is 6.35. The van der Waals surface area contributed by atoms with Crippen molar-refractivity contribution in [3.8, 4) is 6.07 Å². The molecule has 2 aliphatic heterocycles. The Bertz CT molecular complexity index is 1110. The number of halogens is 2. The quantitative estimate of drug-likeness (QED) is 0.550. The molecule has 1 spiro atoms. The van der Waals surface area contributed by atoms with Crippen LogP contribution in [0.4, 0.5) is 10.5 Å². The molecule has 0 bridgehead atoms. The second kappa shape index (κ2) is 8.98. The van der Waals surface area contributed by atoms with Crippen LogP contribution in [0.5, 0.6) is 0 Å². The third-order valence-electron chi connectivity index (χ3n) is 6.70. The van der Waals surface area contributed by atoms with Gasteiger partial charge in [0.1, 0.15) is 5.54 Å². The highest BCUT2D eigenvalue weighted by Gasteiger charge is 2.64. The van der Waals surface area contributed by atoms with E-state index >= 15 is 0 Å². The summed E-state index contributed by atoms with van der Waals surface area (Å²) in [6.07, 6.45) is 0.996. The van der Waals surface area contributed by atoms with Crippen molar-refractivity contribution in [1.29, 1.82) is 5.26 Å². The van der Waals surface area contributed by atoms with E-state index < -0.39 is 11.6 Å². The number of benzene rings is 2. The Balaban J connectivity index is 1.78. The van der Waals surface area contributed by atoms with Gasteiger partial charge in [-0.3, -0.25) is 9.69 Å². The number of rotatable bonds is 5. The molecule has 172 valence electrons. The lowest BCUT2D eigenvalue weighted by atomic mass is 9.80. The lowest BCUT2D eigenvalue weighted by Gasteiger charge is -2.34. The van der Waals surface area contributed by atoms with Crippen molar-refractivity contribution in [1.82, 2.24) is 9.80 Å². The zero-order chi connectivity index (χ0) is 23.9. The normalized spacial score (nSPS) is 23.2. The summed E-state index contributed by atoms with van der Waals surface area (Å²) in [7, 11) is 1.69. The van der Waals surface area contributed by atoms with E-state index in [1.54, 1.807) is 42.3 Å². The largest absolute Gasteiger partial charge is 0.332 e. The monoisotopic (exact) mass is 484 g/mol. The first-order valence-electron chi connectivity index (χ1n) is 11.0. The minimum absolute atomic E-state index is 0.237. The Labute approximate surface area is 204 Å². The third kappa shape index (κ3) is 4.10. The summed E-state index contributed by atoms with van der Waals surface area (Å²) >= 11 is 12.4. The summed E-state index contributed by atoms with van der Waals surface area (Å²) in [5, 5.41) is 9.91. The van der Waals surface area contributed by atoms with Gasteiger partial charge in [0.15, 0.2) is 0 Å². The van der Waals surface area contributed by atoms with Gasteiger partial charge in [-0.15, -0.1) is 0 Å². The topological polar surface area (TPSA) is 67.6 Å². The van der Waals surface area contributed by atoms with Gasteiger partial charge in [-0.2, -0.15) is 5.26 Å². The second-order valence-electron chi connectivity index (χ2n) is 9.24. The minimum Gasteiger partial charge on any atom is -0.310 e. The molecule has 0 unspecified atom stereocenters. The predicted octanol–water partition coefficient (Wildman–Crippen LogP) is 5.15. The molecule has 0 radical (unpaired) electrons. The number of urea groups is 1. The van der Waals surface area contributed by atoms with Crippen LogP contribution in [-0.4, -0.2) is 54.0 Å². The van der Waals surface area contributed by atoms with Gasteiger partial charge in [0.2, 0.25) is 0 Å². The van der Waals surface area contributed by atoms with E-state index in [4.69, 9.17) is 23.2 Å². The Morgan fingerprint density at radius 1 is 1.12 bits per heavy atom. The number of likely N-dealkylation sites (tertiary alicyclic amines) is 1. The first kappa shape index (κ1) is 23.6. The molecule has 2 aromatic carbocycles. The first-order valence-corrected chi connectivity index (χ1v) is 11.7. The second-order valence-corrected chi connectivity index (χ2v) is 10.1. The van der Waals surface area contributed by atoms with Gasteiger partial charge in [-0.1, -0.05) is 49.2 Å². The summed E-state index contributed by atoms with van der Waals surface area (Å²) in [6, 6.07) is 13.8. The van der Waals surface area contributed by atoms with Crippen LogP contribution in [0.2, 0.25) is 10.0 Å². The molecule has 6 nitrogen and oxygen atoms in total. The SMILES string of the molecule is CC(C)CCN1C[C@@H](c2ccc(C#N)cc2)[C@]2(C1)C(=O)N(c1cc(Cl)cc(Cl)c1)C(=O)N2C. The van der Waals surface area contributed by atoms with Crippen LogP contribution in [0.3, 0.4) is 0 Å². The molecule has 2 fully saturated rings. The van der Waals surface area contributed by atoms with E-state index in [2.05, 4.69) is 24.8 Å². The van der Waals surface area contributed by atoms with Crippen LogP contribution < -0.4 is 4.90 Å². The smallest absolute Gasteiger partial charge is 0.310 e. The molecule has 0 aliphatic carbocycles. The molecule has 2 heterocycles. The Hall–Kier alpha value is -2.59. The number of hydrogen-bond donors (Lipinski definition) is 0. The third-order valence-corrected chi connectivity index (χ3v) is 7.14. The van der Waals surface area contributed by atoms with Crippen molar-refractivity contribution in [2.45, 2.75) is 31.7 Å². The van der Waals surface area contributed by atoms with Gasteiger partial charge in [-0.25, -0.2) is 9.69 Å². The van der Waals surface area contributed by atoms with Crippen molar-refractivity contribution in [3.05, 3.63) is 63.6 Å². The fraction of sp³-hybridized carbons (Fsp3) is 0.400. The number of amides is 3. The summed E-state index contributed by atoms with van der Waals surface area (Å²) in [6.45, 7) is 6.27. The molecule has 33 heavy (non-hydrogen) atoms. The average Bonchev–Trinajstić information content (AvgIpc) is 3.24. The maximum Gasteiger partial charge on any atom is 0.332 e. The summed E-state index contributed by atoms with van der Waals surface area (Å²) in [5.41, 5.74) is 0.794. The summed E-state index contributed by atoms with van der Waals surface area (Å²) in [4.78, 5) is 32.5. The van der Waals surface area contributed by atoms with Gasteiger partial charge in [0.05, 0.1) is 17.3 Å². The maximum atomic E-state index is 14.1. The van der Waals surface area contributed by atoms with Gasteiger partial charge in [0, 0.05) is 36.1 Å². The average molecular weight is 485 g/mol. The molecular weight excluding hydrogens is 459 g/mol. The van der Waals surface area contributed by atoms with Crippen molar-refractivity contribution < 1.29 is 9.59 Å². The number of nitrogens with zero attached hydrogens (tertiary/aromatic N) is 4. The maximum absolute atomic E-state index is 14.1. The number of nitriles is 1. The zero-order valence-electron chi connectivity index (χ0n) is 18.9. The summed E-state index contributed by atoms with van der Waals surface area (Å²) < 4.78 is 0. The fourth-order valence-electron chi connectivity index (χ4n) is 4.90. The molecule has 2 atom stereocenters. The van der Waals surface area contributed by atoms with Crippen molar-refractivity contribution in [3.63, 3.8) is 0 Å². The number of carbonyl (C=O) groups excluding carboxylic acids is 2. The van der Waals surface area contributed by atoms with Crippen LogP contribution in [-0.2, 0) is 4.79 Å². The van der Waals surface area contributed by atoms with Crippen LogP contribution in [0.1, 0.15) is 37.3 Å². The van der Waals surface area contributed by atoms with Crippen LogP contribution in [0, 0.1) is 17.2 Å². The van der Waals surface area contributed by atoms with E-state index in [0.29, 0.717) is 40.3 Å². The van der Waals surface area contributed by atoms with Crippen molar-refractivity contribution in [2.24, 2.45) is 5.92 Å². The predicted molar refractivity (Wildman–Crippen MR) is 130 cm³/mol. The molecule has 2 saturated heterocycles. The Kier molecular flexibility index (Phi) is 6.41. The van der Waals surface area contributed by atoms with Crippen molar-refractivity contribution in [2.75, 3.05) is 31.6 Å². The highest BCUT2D eigenvalue weighted by atomic mass is 35.5. The number of anilines is 1. The molecule has 0 saturated carbocycles. The van der Waals surface area contributed by atoms with E-state index in [-0.39, 0.29) is 11.8 Å². The molecule has 0 aromatic heterocycles. The standard InChI is InChI=1S/C25H26Cl2N4O2/c1-16(2)8-9-30-14-22(18-6-4-17(13-28)5-7-18)25(15-30)23(32)31(24(33)29(25)3)21-11-19(26)10-20(27)12-21/h4-7,10-12,16,22H,8-9,14-15H2,1-3H3/t22-,25+/m0/s1. The van der Waals surface area contributed by atoms with Gasteiger partial charge >= 0.3 is 6.03 Å². The summed E-state index contributed by atoms with van der Waals surface area (Å²) in [5.74, 6) is 0.00639. The number of imide groups is 1. The fourth-order valence-corrected chi connectivity index (χ4v) is 5.42. The van der Waals surface area contributed by atoms with E-state index in [1.807, 2.05) is 12.1 Å². The zero-order valence-corrected chi connectivity index (χ0v) is 20.4. The number of carbonyl (C=O) groups is 2. The number of likely N-dealkylation sites (N-methyl/N-ethyl adjacent to an activating group) is 1. The van der Waals surface area contributed by atoms with Gasteiger partial charge < -0.3 is 4.90 Å². The lowest BCUT2D eigenvalue weighted by Crippen LogP contribution is -2.53. The van der Waals surface area contributed by atoms with Gasteiger partial charge in [0.25, 0.3) is 5.91 Å². The van der Waals surface area contributed by atoms with Crippen LogP contribution >= 0.6 is 23.2 Å². The van der Waals surface area contributed by atoms with Crippen molar-refractivity contribution >= 4 is 40.8 Å². The van der Waals surface area contributed by atoms with E-state index in [9.17, 15) is 14.9 Å². The van der Waals surface area contributed by atoms with Gasteiger partial charge in [-0.05, 0) is 54.8 Å². The highest BCUT2D eigenvalue weighted by Crippen LogP contribution is 2.46. The minimum atomic E-state index is -1.06. The molecule has 2 aromatic rings. The lowest BCUT2D eigenvalue weighted by molar-refractivity contribution is -0.124. The van der Waals surface area contributed by atoms with E-state index in [1.165, 1.54) is 4.90 Å². The van der Waals surface area contributed by atoms with Crippen LogP contribution in [0.25, 0.3) is 0 Å². The first-order chi connectivity index (χ1) is 15.7. The molecular formula is C25H26Cl2N4O2. The Morgan fingerprint density at radius 2 is 1.76 bits per heavy atom. The molecule has 4 rings (SSSR count). The number of hydrogen-bond acceptors (Lipinski definition) is 4. The molecule has 0 N–H and O–H groups in total.